The summed E-state index contributed by atoms with van der Waals surface area (Å²) in [6, 6.07) is 2.15. The van der Waals surface area contributed by atoms with Crippen molar-refractivity contribution in [2.24, 2.45) is 5.92 Å². The average molecular weight is 349 g/mol. The maximum atomic E-state index is 12.8. The molecule has 2 N–H and O–H groups in total. The van der Waals surface area contributed by atoms with Crippen molar-refractivity contribution in [2.75, 3.05) is 39.4 Å². The molecular formula is C18H27N3O4. The van der Waals surface area contributed by atoms with Gasteiger partial charge in [0.05, 0.1) is 18.8 Å². The summed E-state index contributed by atoms with van der Waals surface area (Å²) in [5.41, 5.74) is 1.59. The second-order valence-corrected chi connectivity index (χ2v) is 6.96. The van der Waals surface area contributed by atoms with Crippen molar-refractivity contribution in [3.05, 3.63) is 23.5 Å². The minimum Gasteiger partial charge on any atom is -0.481 e. The van der Waals surface area contributed by atoms with Gasteiger partial charge in [0, 0.05) is 50.5 Å². The quantitative estimate of drug-likeness (QED) is 0.838. The summed E-state index contributed by atoms with van der Waals surface area (Å²) in [7, 11) is 0. The van der Waals surface area contributed by atoms with Gasteiger partial charge in [-0.2, -0.15) is 0 Å². The van der Waals surface area contributed by atoms with Gasteiger partial charge in [0.1, 0.15) is 0 Å². The molecule has 7 heteroatoms. The topological polar surface area (TPSA) is 85.9 Å². The predicted octanol–water partition coefficient (Wildman–Crippen LogP) is 1.35. The Labute approximate surface area is 147 Å². The largest absolute Gasteiger partial charge is 0.481 e. The SMILES string of the molecule is Cc1[nH]ccc1C(=O)N1CC[C@H](N2CCOCC2)[C@H](CCC(=O)O)C1. The number of hydrogen-bond acceptors (Lipinski definition) is 4. The minimum atomic E-state index is -0.773. The fourth-order valence-corrected chi connectivity index (χ4v) is 4.04. The summed E-state index contributed by atoms with van der Waals surface area (Å²) in [5, 5.41) is 9.08. The zero-order chi connectivity index (χ0) is 17.8. The molecule has 2 atom stereocenters. The minimum absolute atomic E-state index is 0.0412. The average Bonchev–Trinajstić information content (AvgIpc) is 3.05. The first-order valence-electron chi connectivity index (χ1n) is 9.03. The first-order valence-corrected chi connectivity index (χ1v) is 9.03. The van der Waals surface area contributed by atoms with E-state index < -0.39 is 5.97 Å². The third-order valence-corrected chi connectivity index (χ3v) is 5.41. The van der Waals surface area contributed by atoms with Gasteiger partial charge >= 0.3 is 5.97 Å². The van der Waals surface area contributed by atoms with Crippen LogP contribution in [0, 0.1) is 12.8 Å². The number of ether oxygens (including phenoxy) is 1. The predicted molar refractivity (Wildman–Crippen MR) is 92.6 cm³/mol. The van der Waals surface area contributed by atoms with E-state index in [0.29, 0.717) is 24.6 Å². The van der Waals surface area contributed by atoms with E-state index in [9.17, 15) is 9.59 Å². The summed E-state index contributed by atoms with van der Waals surface area (Å²) >= 11 is 0. The van der Waals surface area contributed by atoms with Gasteiger partial charge in [-0.1, -0.05) is 0 Å². The number of aromatic amines is 1. The highest BCUT2D eigenvalue weighted by Crippen LogP contribution is 2.28. The summed E-state index contributed by atoms with van der Waals surface area (Å²) in [6.07, 6.45) is 3.43. The molecular weight excluding hydrogens is 322 g/mol. The van der Waals surface area contributed by atoms with Crippen molar-refractivity contribution in [1.29, 1.82) is 0 Å². The van der Waals surface area contributed by atoms with E-state index in [1.807, 2.05) is 17.9 Å². The standard InChI is InChI=1S/C18H27N3O4/c1-13-15(4-6-19-13)18(24)21-7-5-16(20-8-10-25-11-9-20)14(12-21)2-3-17(22)23/h4,6,14,16,19H,2-3,5,7-12H2,1H3,(H,22,23)/t14-,16+/m1/s1. The molecule has 1 aromatic heterocycles. The van der Waals surface area contributed by atoms with E-state index in [-0.39, 0.29) is 18.2 Å². The number of carbonyl (C=O) groups excluding carboxylic acids is 1. The molecule has 0 spiro atoms. The van der Waals surface area contributed by atoms with Crippen molar-refractivity contribution in [3.8, 4) is 0 Å². The lowest BCUT2D eigenvalue weighted by Crippen LogP contribution is -2.55. The zero-order valence-corrected chi connectivity index (χ0v) is 14.7. The Hall–Kier alpha value is -1.86. The van der Waals surface area contributed by atoms with E-state index >= 15 is 0 Å². The fourth-order valence-electron chi connectivity index (χ4n) is 4.04. The van der Waals surface area contributed by atoms with Crippen LogP contribution < -0.4 is 0 Å². The van der Waals surface area contributed by atoms with E-state index in [4.69, 9.17) is 9.84 Å². The third-order valence-electron chi connectivity index (χ3n) is 5.41. The Balaban J connectivity index is 1.70. The number of carboxylic acid groups (broad SMARTS) is 1. The number of nitrogens with zero attached hydrogens (tertiary/aromatic N) is 2. The molecule has 0 saturated carbocycles. The first kappa shape index (κ1) is 17.9. The Bertz CT molecular complexity index is 609. The normalized spacial score (nSPS) is 25.1. The number of likely N-dealkylation sites (tertiary alicyclic amines) is 1. The number of hydrogen-bond donors (Lipinski definition) is 2. The first-order chi connectivity index (χ1) is 12.1. The lowest BCUT2D eigenvalue weighted by atomic mass is 9.86. The number of nitrogens with one attached hydrogen (secondary N) is 1. The number of morpholine rings is 1. The third kappa shape index (κ3) is 4.22. The molecule has 2 aliphatic rings. The molecule has 2 fully saturated rings. The second-order valence-electron chi connectivity index (χ2n) is 6.96. The van der Waals surface area contributed by atoms with Gasteiger partial charge in [-0.25, -0.2) is 0 Å². The highest BCUT2D eigenvalue weighted by Gasteiger charge is 2.36. The number of aryl methyl sites for hydroxylation is 1. The molecule has 0 aromatic carbocycles. The van der Waals surface area contributed by atoms with E-state index in [1.54, 1.807) is 6.20 Å². The van der Waals surface area contributed by atoms with Crippen molar-refractivity contribution >= 4 is 11.9 Å². The molecule has 1 aromatic rings. The lowest BCUT2D eigenvalue weighted by Gasteiger charge is -2.45. The summed E-state index contributed by atoms with van der Waals surface area (Å²) < 4.78 is 5.44. The van der Waals surface area contributed by atoms with Crippen molar-refractivity contribution in [1.82, 2.24) is 14.8 Å². The second kappa shape index (κ2) is 8.01. The maximum absolute atomic E-state index is 12.8. The molecule has 7 nitrogen and oxygen atoms in total. The maximum Gasteiger partial charge on any atom is 0.303 e. The molecule has 25 heavy (non-hydrogen) atoms. The monoisotopic (exact) mass is 349 g/mol. The van der Waals surface area contributed by atoms with Crippen molar-refractivity contribution in [3.63, 3.8) is 0 Å². The van der Waals surface area contributed by atoms with E-state index in [2.05, 4.69) is 9.88 Å². The highest BCUT2D eigenvalue weighted by atomic mass is 16.5. The van der Waals surface area contributed by atoms with E-state index in [1.165, 1.54) is 0 Å². The van der Waals surface area contributed by atoms with Crippen LogP contribution >= 0.6 is 0 Å². The van der Waals surface area contributed by atoms with Crippen LogP contribution in [0.2, 0.25) is 0 Å². The number of carbonyl (C=O) groups is 2. The number of aliphatic carboxylic acids is 1. The molecule has 0 radical (unpaired) electrons. The smallest absolute Gasteiger partial charge is 0.303 e. The van der Waals surface area contributed by atoms with Crippen LogP contribution in [0.4, 0.5) is 0 Å². The molecule has 2 aliphatic heterocycles. The number of H-pyrrole nitrogens is 1. The summed E-state index contributed by atoms with van der Waals surface area (Å²) in [6.45, 7) is 6.47. The summed E-state index contributed by atoms with van der Waals surface area (Å²) in [4.78, 5) is 31.2. The Morgan fingerprint density at radius 3 is 2.72 bits per heavy atom. The van der Waals surface area contributed by atoms with Crippen LogP contribution in [0.3, 0.4) is 0 Å². The van der Waals surface area contributed by atoms with Crippen LogP contribution in [0.25, 0.3) is 0 Å². The summed E-state index contributed by atoms with van der Waals surface area (Å²) in [5.74, 6) is -0.545. The van der Waals surface area contributed by atoms with Gasteiger partial charge in [-0.15, -0.1) is 0 Å². The highest BCUT2D eigenvalue weighted by molar-refractivity contribution is 5.95. The van der Waals surface area contributed by atoms with E-state index in [0.717, 1.165) is 45.0 Å². The van der Waals surface area contributed by atoms with Gasteiger partial charge in [0.2, 0.25) is 0 Å². The Morgan fingerprint density at radius 2 is 2.08 bits per heavy atom. The number of piperidine rings is 1. The van der Waals surface area contributed by atoms with Crippen LogP contribution in [0.5, 0.6) is 0 Å². The molecule has 138 valence electrons. The number of aromatic nitrogens is 1. The van der Waals surface area contributed by atoms with Crippen LogP contribution in [-0.2, 0) is 9.53 Å². The molecule has 3 heterocycles. The Kier molecular flexibility index (Phi) is 5.75. The molecule has 3 rings (SSSR count). The van der Waals surface area contributed by atoms with Crippen molar-refractivity contribution in [2.45, 2.75) is 32.2 Å². The van der Waals surface area contributed by atoms with Gasteiger partial charge in [0.15, 0.2) is 0 Å². The number of carboxylic acids is 1. The fraction of sp³-hybridized carbons (Fsp3) is 0.667. The van der Waals surface area contributed by atoms with Crippen molar-refractivity contribution < 1.29 is 19.4 Å². The molecule has 0 bridgehead atoms. The Morgan fingerprint density at radius 1 is 1.32 bits per heavy atom. The molecule has 0 unspecified atom stereocenters. The number of amides is 1. The van der Waals surface area contributed by atoms with Gasteiger partial charge in [-0.05, 0) is 31.7 Å². The molecule has 0 aliphatic carbocycles. The van der Waals surface area contributed by atoms with Crippen LogP contribution in [0.1, 0.15) is 35.3 Å². The van der Waals surface area contributed by atoms with Gasteiger partial charge < -0.3 is 19.7 Å². The zero-order valence-electron chi connectivity index (χ0n) is 14.7. The lowest BCUT2D eigenvalue weighted by molar-refractivity contribution is -0.137. The van der Waals surface area contributed by atoms with Gasteiger partial charge in [-0.3, -0.25) is 14.5 Å². The van der Waals surface area contributed by atoms with Crippen LogP contribution in [-0.4, -0.2) is 77.2 Å². The van der Waals surface area contributed by atoms with Gasteiger partial charge in [0.25, 0.3) is 5.91 Å². The number of rotatable bonds is 5. The molecule has 1 amide bonds. The molecule has 2 saturated heterocycles. The van der Waals surface area contributed by atoms with Crippen LogP contribution in [0.15, 0.2) is 12.3 Å².